The molecule has 0 spiro atoms. The summed E-state index contributed by atoms with van der Waals surface area (Å²) >= 11 is 12.4. The fraction of sp³-hybridized carbons (Fsp3) is 0.333. The lowest BCUT2D eigenvalue weighted by molar-refractivity contribution is 0.498. The first kappa shape index (κ1) is 21.4. The van der Waals surface area contributed by atoms with Crippen LogP contribution in [0.2, 0.25) is 10.0 Å². The number of hydrogen-bond donors (Lipinski definition) is 0. The molecule has 0 bridgehead atoms. The van der Waals surface area contributed by atoms with Crippen LogP contribution in [0.5, 0.6) is 0 Å². The summed E-state index contributed by atoms with van der Waals surface area (Å²) in [4.78, 5) is 30.5. The van der Waals surface area contributed by atoms with Gasteiger partial charge in [-0.15, -0.1) is 0 Å². The van der Waals surface area contributed by atoms with Crippen molar-refractivity contribution < 1.29 is 0 Å². The highest BCUT2D eigenvalue weighted by molar-refractivity contribution is 6.34. The van der Waals surface area contributed by atoms with Crippen LogP contribution in [-0.2, 0) is 27.2 Å². The topological polar surface area (TPSA) is 79.6 Å². The van der Waals surface area contributed by atoms with E-state index in [4.69, 9.17) is 28.3 Å². The smallest absolute Gasteiger partial charge is 0.332 e. The van der Waals surface area contributed by atoms with E-state index in [1.54, 1.807) is 39.8 Å². The molecule has 4 aromatic rings. The van der Waals surface area contributed by atoms with Gasteiger partial charge in [0.25, 0.3) is 5.56 Å². The number of hydrogen-bond acceptors (Lipinski definition) is 4. The Kier molecular flexibility index (Phi) is 5.53. The van der Waals surface area contributed by atoms with E-state index in [9.17, 15) is 9.59 Å². The monoisotopic (exact) mass is 460 g/mol. The fourth-order valence-corrected chi connectivity index (χ4v) is 4.27. The average molecular weight is 461 g/mol. The number of halogens is 2. The molecule has 0 fully saturated rings. The molecule has 0 aliphatic carbocycles. The summed E-state index contributed by atoms with van der Waals surface area (Å²) in [6.45, 7) is 4.75. The van der Waals surface area contributed by atoms with Crippen molar-refractivity contribution >= 4 is 34.2 Å². The lowest BCUT2D eigenvalue weighted by Gasteiger charge is -2.11. The number of rotatable bonds is 5. The lowest BCUT2D eigenvalue weighted by atomic mass is 10.2. The molecule has 0 radical (unpaired) electrons. The van der Waals surface area contributed by atoms with E-state index in [1.807, 2.05) is 25.5 Å². The van der Waals surface area contributed by atoms with Gasteiger partial charge in [-0.25, -0.2) is 9.78 Å². The molecule has 0 aliphatic rings. The van der Waals surface area contributed by atoms with Crippen molar-refractivity contribution in [1.82, 2.24) is 28.5 Å². The second kappa shape index (κ2) is 8.01. The highest BCUT2D eigenvalue weighted by Crippen LogP contribution is 2.27. The molecule has 3 heterocycles. The Hall–Kier alpha value is -2.84. The molecule has 31 heavy (non-hydrogen) atoms. The van der Waals surface area contributed by atoms with Crippen LogP contribution in [0.4, 0.5) is 0 Å². The molecular formula is C21H22Cl2N6O2. The van der Waals surface area contributed by atoms with Gasteiger partial charge < -0.3 is 4.57 Å². The number of aryl methyl sites for hydroxylation is 1. The van der Waals surface area contributed by atoms with E-state index in [0.29, 0.717) is 45.7 Å². The first-order valence-electron chi connectivity index (χ1n) is 9.80. The van der Waals surface area contributed by atoms with E-state index in [-0.39, 0.29) is 5.92 Å². The molecule has 0 unspecified atom stereocenters. The molecule has 1 aromatic carbocycles. The zero-order valence-electron chi connectivity index (χ0n) is 17.6. The number of imidazole rings is 1. The standard InChI is InChI=1S/C21H22Cl2N6O2/c1-12(2)10-28-18-16(20(30)27(4)21(28)31)17(19-24-5-6-26(19)3)29(25-18)11-13-7-14(22)9-15(23)8-13/h5-9,12H,10-11H2,1-4H3. The highest BCUT2D eigenvalue weighted by atomic mass is 35.5. The minimum absolute atomic E-state index is 0.187. The molecular weight excluding hydrogens is 439 g/mol. The molecule has 10 heteroatoms. The van der Waals surface area contributed by atoms with Gasteiger partial charge in [0.2, 0.25) is 0 Å². The van der Waals surface area contributed by atoms with Gasteiger partial charge in [-0.3, -0.25) is 18.6 Å². The van der Waals surface area contributed by atoms with E-state index in [1.165, 1.54) is 7.05 Å². The quantitative estimate of drug-likeness (QED) is 0.457. The van der Waals surface area contributed by atoms with Gasteiger partial charge in [-0.1, -0.05) is 37.0 Å². The normalized spacial score (nSPS) is 11.7. The molecule has 8 nitrogen and oxygen atoms in total. The molecule has 0 saturated carbocycles. The van der Waals surface area contributed by atoms with Crippen molar-refractivity contribution in [2.45, 2.75) is 26.9 Å². The van der Waals surface area contributed by atoms with Crippen LogP contribution in [0.25, 0.3) is 22.6 Å². The largest absolute Gasteiger partial charge is 0.333 e. The van der Waals surface area contributed by atoms with Gasteiger partial charge in [0.15, 0.2) is 11.5 Å². The Labute approximate surface area is 188 Å². The molecule has 0 aliphatic heterocycles. The van der Waals surface area contributed by atoms with Crippen LogP contribution in [0.1, 0.15) is 19.4 Å². The van der Waals surface area contributed by atoms with E-state index in [2.05, 4.69) is 4.98 Å². The molecule has 0 atom stereocenters. The zero-order valence-corrected chi connectivity index (χ0v) is 19.1. The SMILES string of the molecule is CC(C)Cn1c(=O)n(C)c(=O)c2c(-c3nccn3C)n(Cc3cc(Cl)cc(Cl)c3)nc21. The third kappa shape index (κ3) is 3.81. The maximum Gasteiger partial charge on any atom is 0.332 e. The molecule has 0 saturated heterocycles. The summed E-state index contributed by atoms with van der Waals surface area (Å²) < 4.78 is 6.18. The Bertz CT molecular complexity index is 1390. The summed E-state index contributed by atoms with van der Waals surface area (Å²) in [6.07, 6.45) is 3.45. The second-order valence-corrected chi connectivity index (χ2v) is 8.87. The van der Waals surface area contributed by atoms with Crippen LogP contribution in [0.3, 0.4) is 0 Å². The zero-order chi connectivity index (χ0) is 22.4. The van der Waals surface area contributed by atoms with Crippen molar-refractivity contribution in [3.8, 4) is 11.5 Å². The minimum atomic E-state index is -0.409. The van der Waals surface area contributed by atoms with Gasteiger partial charge in [0.1, 0.15) is 11.1 Å². The van der Waals surface area contributed by atoms with Crippen molar-refractivity contribution in [2.24, 2.45) is 20.0 Å². The molecule has 3 aromatic heterocycles. The van der Waals surface area contributed by atoms with Gasteiger partial charge in [-0.05, 0) is 29.7 Å². The predicted molar refractivity (Wildman–Crippen MR) is 122 cm³/mol. The average Bonchev–Trinajstić information content (AvgIpc) is 3.25. The van der Waals surface area contributed by atoms with Gasteiger partial charge in [-0.2, -0.15) is 5.10 Å². The Morgan fingerprint density at radius 1 is 1.06 bits per heavy atom. The summed E-state index contributed by atoms with van der Waals surface area (Å²) in [5, 5.41) is 6.07. The van der Waals surface area contributed by atoms with Crippen LogP contribution >= 0.6 is 23.2 Å². The maximum atomic E-state index is 13.2. The second-order valence-electron chi connectivity index (χ2n) is 8.00. The van der Waals surface area contributed by atoms with Gasteiger partial charge in [0.05, 0.1) is 6.54 Å². The third-order valence-electron chi connectivity index (χ3n) is 5.06. The summed E-state index contributed by atoms with van der Waals surface area (Å²) in [5.74, 6) is 0.759. The van der Waals surface area contributed by atoms with Crippen LogP contribution in [0, 0.1) is 5.92 Å². The van der Waals surface area contributed by atoms with Crippen molar-refractivity contribution in [3.63, 3.8) is 0 Å². The van der Waals surface area contributed by atoms with Crippen molar-refractivity contribution in [3.05, 3.63) is 67.0 Å². The third-order valence-corrected chi connectivity index (χ3v) is 5.50. The van der Waals surface area contributed by atoms with Gasteiger partial charge >= 0.3 is 5.69 Å². The Morgan fingerprint density at radius 2 is 1.74 bits per heavy atom. The van der Waals surface area contributed by atoms with E-state index < -0.39 is 11.2 Å². The van der Waals surface area contributed by atoms with Crippen molar-refractivity contribution in [1.29, 1.82) is 0 Å². The molecule has 162 valence electrons. The van der Waals surface area contributed by atoms with Crippen molar-refractivity contribution in [2.75, 3.05) is 0 Å². The first-order chi connectivity index (χ1) is 14.7. The van der Waals surface area contributed by atoms with E-state index in [0.717, 1.165) is 10.1 Å². The molecule has 0 amide bonds. The molecule has 0 N–H and O–H groups in total. The minimum Gasteiger partial charge on any atom is -0.333 e. The fourth-order valence-electron chi connectivity index (χ4n) is 3.70. The summed E-state index contributed by atoms with van der Waals surface area (Å²) in [7, 11) is 3.33. The van der Waals surface area contributed by atoms with Crippen LogP contribution < -0.4 is 11.2 Å². The highest BCUT2D eigenvalue weighted by Gasteiger charge is 2.24. The summed E-state index contributed by atoms with van der Waals surface area (Å²) in [6, 6.07) is 5.24. The number of nitrogens with zero attached hydrogens (tertiary/aromatic N) is 6. The Morgan fingerprint density at radius 3 is 2.32 bits per heavy atom. The maximum absolute atomic E-state index is 13.2. The lowest BCUT2D eigenvalue weighted by Crippen LogP contribution is -2.38. The number of fused-ring (bicyclic) bond motifs is 1. The van der Waals surface area contributed by atoms with Gasteiger partial charge in [0, 0.05) is 43.1 Å². The molecule has 4 rings (SSSR count). The Balaban J connectivity index is 2.08. The first-order valence-corrected chi connectivity index (χ1v) is 10.6. The number of aromatic nitrogens is 6. The van der Waals surface area contributed by atoms with E-state index >= 15 is 0 Å². The number of benzene rings is 1. The van der Waals surface area contributed by atoms with Crippen LogP contribution in [-0.4, -0.2) is 28.5 Å². The summed E-state index contributed by atoms with van der Waals surface area (Å²) in [5.41, 5.74) is 0.890. The predicted octanol–water partition coefficient (Wildman–Crippen LogP) is 3.31. The van der Waals surface area contributed by atoms with Crippen LogP contribution in [0.15, 0.2) is 40.2 Å².